The van der Waals surface area contributed by atoms with Crippen LogP contribution in [0.4, 0.5) is 0 Å². The molecular formula is C19H29FeP. The van der Waals surface area contributed by atoms with Crippen molar-refractivity contribution in [3.63, 3.8) is 0 Å². The monoisotopic (exact) mass is 344 g/mol. The van der Waals surface area contributed by atoms with Crippen LogP contribution < -0.4 is 0 Å². The molecule has 10 aliphatic rings. The number of hydrogen-bond acceptors (Lipinski definition) is 0. The topological polar surface area (TPSA) is 0 Å². The van der Waals surface area contributed by atoms with E-state index < -0.39 is 6.51 Å². The molecule has 10 heterocycles. The van der Waals surface area contributed by atoms with Gasteiger partial charge in [0.15, 0.2) is 0 Å². The van der Waals surface area contributed by atoms with Crippen molar-refractivity contribution in [3.8, 4) is 0 Å². The zero-order chi connectivity index (χ0) is 14.3. The zero-order valence-electron chi connectivity index (χ0n) is 14.2. The Hall–Kier alpha value is 0.949. The summed E-state index contributed by atoms with van der Waals surface area (Å²) in [4.78, 5) is 13.7. The van der Waals surface area contributed by atoms with Gasteiger partial charge in [-0.1, -0.05) is 0 Å². The van der Waals surface area contributed by atoms with Gasteiger partial charge in [0.1, 0.15) is 0 Å². The number of hydrogen-bond donors (Lipinski definition) is 0. The van der Waals surface area contributed by atoms with Crippen LogP contribution >= 0.6 is 7.92 Å². The Morgan fingerprint density at radius 2 is 1.10 bits per heavy atom. The molecule has 0 bridgehead atoms. The minimum absolute atomic E-state index is 0.186. The van der Waals surface area contributed by atoms with Crippen LogP contribution in [0.3, 0.4) is 0 Å². The fourth-order valence-electron chi connectivity index (χ4n) is 18.8. The summed E-state index contributed by atoms with van der Waals surface area (Å²) in [7, 11) is 0.186. The molecule has 21 heavy (non-hydrogen) atoms. The average molecular weight is 344 g/mol. The Labute approximate surface area is 120 Å². The second-order valence-electron chi connectivity index (χ2n) is 14.8. The van der Waals surface area contributed by atoms with Crippen molar-refractivity contribution >= 4 is 7.92 Å². The molecule has 0 radical (unpaired) electrons. The molecule has 0 N–H and O–H groups in total. The van der Waals surface area contributed by atoms with E-state index in [4.69, 9.17) is 0 Å². The molecule has 0 amide bonds. The maximum atomic E-state index is 2.58. The summed E-state index contributed by atoms with van der Waals surface area (Å²) in [5.41, 5.74) is 0. The molecule has 118 valence electrons. The van der Waals surface area contributed by atoms with E-state index in [-0.39, 0.29) is 7.92 Å². The third kappa shape index (κ3) is 0.141. The molecule has 0 aliphatic carbocycles. The van der Waals surface area contributed by atoms with Crippen LogP contribution in [0.15, 0.2) is 0 Å². The third-order valence-corrected chi connectivity index (χ3v) is 64.3. The molecule has 4 unspecified atom stereocenters. The average Bonchev–Trinajstić information content (AvgIpc) is 3.26. The summed E-state index contributed by atoms with van der Waals surface area (Å²) in [6.45, 7) is 12.7. The van der Waals surface area contributed by atoms with Gasteiger partial charge >= 0.3 is 120 Å². The molecule has 10 aliphatic heterocycles. The van der Waals surface area contributed by atoms with Crippen LogP contribution in [0, 0.1) is 0 Å². The standard InChI is InChI=1S/C14H24P.C5H5.Fe/c1-13(2,3)15(14(4,5)6)11-12-9-7-8-10-12;1-2-4-5-3-1;/h7-10H,11H2,1-6H3;1-5H;. The van der Waals surface area contributed by atoms with Crippen molar-refractivity contribution in [1.82, 2.24) is 0 Å². The molecule has 10 fully saturated rings. The molecule has 0 nitrogen and oxygen atoms in total. The molecule has 10 saturated heterocycles. The second kappa shape index (κ2) is 0.925. The van der Waals surface area contributed by atoms with Crippen LogP contribution in [-0.4, -0.2) is 16.5 Å². The Kier molecular flexibility index (Phi) is 0.443. The molecule has 0 aromatic heterocycles. The Bertz CT molecular complexity index is 975. The van der Waals surface area contributed by atoms with E-state index >= 15 is 0 Å². The van der Waals surface area contributed by atoms with Crippen LogP contribution in [-0.2, 0) is 6.51 Å². The summed E-state index contributed by atoms with van der Waals surface area (Å²) in [5, 5.41) is 1.16. The van der Waals surface area contributed by atoms with Crippen LogP contribution in [0.25, 0.3) is 0 Å². The van der Waals surface area contributed by atoms with Crippen molar-refractivity contribution in [1.29, 1.82) is 0 Å². The van der Waals surface area contributed by atoms with E-state index in [1.807, 2.05) is 0 Å². The van der Waals surface area contributed by atoms with E-state index in [2.05, 4.69) is 41.5 Å². The van der Waals surface area contributed by atoms with Gasteiger partial charge in [0.25, 0.3) is 0 Å². The summed E-state index contributed by atoms with van der Waals surface area (Å²) in [6.07, 6.45) is 1.78. The Morgan fingerprint density at radius 1 is 0.714 bits per heavy atom. The molecule has 0 aromatic carbocycles. The molecule has 0 saturated carbocycles. The summed E-state index contributed by atoms with van der Waals surface area (Å²) in [6, 6.07) is 0. The van der Waals surface area contributed by atoms with Crippen molar-refractivity contribution < 1.29 is 6.51 Å². The predicted octanol–water partition coefficient (Wildman–Crippen LogP) is 6.82. The first-order valence-corrected chi connectivity index (χ1v) is 17.2. The summed E-state index contributed by atoms with van der Waals surface area (Å²) < 4.78 is 1.16. The van der Waals surface area contributed by atoms with Gasteiger partial charge in [-0.25, -0.2) is 0 Å². The second-order valence-corrected chi connectivity index (χ2v) is 42.3. The quantitative estimate of drug-likeness (QED) is 0.381. The molecular weight excluding hydrogens is 315 g/mol. The Balaban J connectivity index is 1.29. The molecule has 0 aromatic rings. The fraction of sp³-hybridized carbons (Fsp3) is 1.00. The van der Waals surface area contributed by atoms with Gasteiger partial charge in [-0.3, -0.25) is 0 Å². The summed E-state index contributed by atoms with van der Waals surface area (Å²) >= 11 is 0. The predicted molar refractivity (Wildman–Crippen MR) is 87.7 cm³/mol. The molecule has 1 spiro atoms. The minimum atomic E-state index is -2.80. The first-order chi connectivity index (χ1) is 9.38. The van der Waals surface area contributed by atoms with E-state index in [1.165, 1.54) is 43.3 Å². The van der Waals surface area contributed by atoms with Crippen LogP contribution in [0.2, 0.25) is 47.7 Å². The molecule has 10 rings (SSSR count). The van der Waals surface area contributed by atoms with E-state index in [0.717, 1.165) is 4.31 Å². The number of fused-ring (bicyclic) bond motifs is 10. The van der Waals surface area contributed by atoms with Gasteiger partial charge in [0, 0.05) is 0 Å². The van der Waals surface area contributed by atoms with Crippen LogP contribution in [0.1, 0.15) is 41.5 Å². The fourth-order valence-corrected chi connectivity index (χ4v) is 100. The number of rotatable bonds is 2. The van der Waals surface area contributed by atoms with Gasteiger partial charge in [0.2, 0.25) is 0 Å². The first-order valence-electron chi connectivity index (χ1n) is 9.37. The molecule has 2 heteroatoms. The van der Waals surface area contributed by atoms with E-state index in [1.54, 1.807) is 6.16 Å². The zero-order valence-corrected chi connectivity index (χ0v) is 16.2. The SMILES string of the molecule is CC(C)(C)P(C[C]12[CH]3[CH]4[CH]5[CH]1[Fe]45321678[CH]2[CH]1[CH]6[CH]7[CH]28)C(C)(C)C. The third-order valence-electron chi connectivity index (χ3n) is 17.0. The van der Waals surface area contributed by atoms with Crippen molar-refractivity contribution in [2.24, 2.45) is 0 Å². The summed E-state index contributed by atoms with van der Waals surface area (Å²) in [5.74, 6) is 0. The molecule has 4 atom stereocenters. The van der Waals surface area contributed by atoms with Gasteiger partial charge in [-0.2, -0.15) is 0 Å². The normalized spacial score (nSPS) is 101. The first kappa shape index (κ1) is 10.1. The van der Waals surface area contributed by atoms with Gasteiger partial charge in [-0.05, 0) is 0 Å². The van der Waals surface area contributed by atoms with Crippen LogP contribution in [0.5, 0.6) is 0 Å². The van der Waals surface area contributed by atoms with Gasteiger partial charge in [0.05, 0.1) is 0 Å². The van der Waals surface area contributed by atoms with E-state index in [0.29, 0.717) is 10.3 Å². The van der Waals surface area contributed by atoms with Gasteiger partial charge in [-0.15, -0.1) is 0 Å². The van der Waals surface area contributed by atoms with Crippen molar-refractivity contribution in [2.75, 3.05) is 6.16 Å². The maximum absolute atomic E-state index is 2.80. The van der Waals surface area contributed by atoms with Gasteiger partial charge < -0.3 is 0 Å². The van der Waals surface area contributed by atoms with Crippen molar-refractivity contribution in [2.45, 2.75) is 99.5 Å². The van der Waals surface area contributed by atoms with Crippen molar-refractivity contribution in [3.05, 3.63) is 0 Å². The Morgan fingerprint density at radius 3 is 1.29 bits per heavy atom. The van der Waals surface area contributed by atoms with E-state index in [9.17, 15) is 0 Å².